The van der Waals surface area contributed by atoms with E-state index >= 15 is 0 Å². The number of rotatable bonds is 2. The zero-order chi connectivity index (χ0) is 11.3. The minimum atomic E-state index is -0.710. The Balaban J connectivity index is 2.18. The Labute approximate surface area is 94.0 Å². The highest BCUT2D eigenvalue weighted by Crippen LogP contribution is 2.63. The Morgan fingerprint density at radius 3 is 2.81 bits per heavy atom. The first-order valence-corrected chi connectivity index (χ1v) is 5.58. The van der Waals surface area contributed by atoms with Crippen LogP contribution in [0.25, 0.3) is 0 Å². The fraction of sp³-hybridized carbons (Fsp3) is 0.462. The van der Waals surface area contributed by atoms with Crippen LogP contribution in [0.1, 0.15) is 36.3 Å². The molecule has 0 aliphatic heterocycles. The van der Waals surface area contributed by atoms with E-state index in [0.717, 1.165) is 36.1 Å². The Morgan fingerprint density at radius 1 is 1.50 bits per heavy atom. The summed E-state index contributed by atoms with van der Waals surface area (Å²) in [6, 6.07) is 5.75. The summed E-state index contributed by atoms with van der Waals surface area (Å²) in [5, 5.41) is 9.24. The van der Waals surface area contributed by atoms with E-state index in [-0.39, 0.29) is 11.3 Å². The third-order valence-corrected chi connectivity index (χ3v) is 3.93. The van der Waals surface area contributed by atoms with Gasteiger partial charge in [-0.2, -0.15) is 0 Å². The minimum Gasteiger partial charge on any atom is -0.496 e. The Kier molecular flexibility index (Phi) is 1.82. The lowest BCUT2D eigenvalue weighted by molar-refractivity contribution is -0.138. The summed E-state index contributed by atoms with van der Waals surface area (Å²) in [4.78, 5) is 11.2. The van der Waals surface area contributed by atoms with Crippen molar-refractivity contribution in [1.82, 2.24) is 0 Å². The molecule has 16 heavy (non-hydrogen) atoms. The highest BCUT2D eigenvalue weighted by Gasteiger charge is 2.55. The van der Waals surface area contributed by atoms with Crippen molar-refractivity contribution >= 4 is 5.97 Å². The van der Waals surface area contributed by atoms with Crippen LogP contribution in [0.5, 0.6) is 5.75 Å². The monoisotopic (exact) mass is 218 g/mol. The smallest absolute Gasteiger partial charge is 0.311 e. The summed E-state index contributed by atoms with van der Waals surface area (Å²) < 4.78 is 5.37. The molecule has 0 heterocycles. The van der Waals surface area contributed by atoms with Gasteiger partial charge in [0.2, 0.25) is 0 Å². The van der Waals surface area contributed by atoms with Gasteiger partial charge in [0.15, 0.2) is 0 Å². The normalized spacial score (nSPS) is 24.2. The van der Waals surface area contributed by atoms with Gasteiger partial charge in [-0.3, -0.25) is 4.79 Å². The second kappa shape index (κ2) is 3.00. The van der Waals surface area contributed by atoms with Gasteiger partial charge in [-0.05, 0) is 30.9 Å². The van der Waals surface area contributed by atoms with Crippen molar-refractivity contribution in [2.45, 2.75) is 30.6 Å². The maximum Gasteiger partial charge on any atom is 0.311 e. The van der Waals surface area contributed by atoms with E-state index in [4.69, 9.17) is 4.74 Å². The molecule has 2 aliphatic carbocycles. The lowest BCUT2D eigenvalue weighted by atomic mass is 9.97. The van der Waals surface area contributed by atoms with Gasteiger partial charge in [0, 0.05) is 11.0 Å². The van der Waals surface area contributed by atoms with Crippen molar-refractivity contribution in [3.05, 3.63) is 29.3 Å². The molecule has 2 aliphatic rings. The van der Waals surface area contributed by atoms with Gasteiger partial charge >= 0.3 is 5.97 Å². The van der Waals surface area contributed by atoms with Crippen LogP contribution in [0, 0.1) is 0 Å². The third-order valence-electron chi connectivity index (χ3n) is 3.93. The SMILES string of the molecule is COc1cccc2c1C1(CC1)CC2C(=O)O. The number of hydrogen-bond donors (Lipinski definition) is 1. The summed E-state index contributed by atoms with van der Waals surface area (Å²) in [5.74, 6) is -0.190. The van der Waals surface area contributed by atoms with Gasteiger partial charge in [-0.15, -0.1) is 0 Å². The molecule has 1 atom stereocenters. The molecular formula is C13H14O3. The number of methoxy groups -OCH3 is 1. The van der Waals surface area contributed by atoms with Gasteiger partial charge in [0.05, 0.1) is 13.0 Å². The molecule has 0 aromatic heterocycles. The molecule has 0 saturated heterocycles. The number of aliphatic carboxylic acids is 1. The fourth-order valence-corrected chi connectivity index (χ4v) is 3.00. The molecule has 3 heteroatoms. The molecule has 84 valence electrons. The highest BCUT2D eigenvalue weighted by atomic mass is 16.5. The van der Waals surface area contributed by atoms with E-state index < -0.39 is 5.97 Å². The van der Waals surface area contributed by atoms with Crippen LogP contribution < -0.4 is 4.74 Å². The first-order valence-electron chi connectivity index (χ1n) is 5.58. The summed E-state index contributed by atoms with van der Waals surface area (Å²) in [6.07, 6.45) is 2.95. The minimum absolute atomic E-state index is 0.116. The van der Waals surface area contributed by atoms with Crippen molar-refractivity contribution in [2.75, 3.05) is 7.11 Å². The molecule has 1 aromatic carbocycles. The lowest BCUT2D eigenvalue weighted by Crippen LogP contribution is -2.09. The van der Waals surface area contributed by atoms with Gasteiger partial charge < -0.3 is 9.84 Å². The zero-order valence-corrected chi connectivity index (χ0v) is 9.19. The molecule has 1 unspecified atom stereocenters. The number of fused-ring (bicyclic) bond motifs is 2. The van der Waals surface area contributed by atoms with E-state index in [1.54, 1.807) is 7.11 Å². The van der Waals surface area contributed by atoms with Crippen LogP contribution in [-0.2, 0) is 10.2 Å². The molecule has 0 bridgehead atoms. The molecular weight excluding hydrogens is 204 g/mol. The average Bonchev–Trinajstić information content (AvgIpc) is 2.96. The Morgan fingerprint density at radius 2 is 2.25 bits per heavy atom. The predicted molar refractivity (Wildman–Crippen MR) is 58.9 cm³/mol. The summed E-state index contributed by atoms with van der Waals surface area (Å²) in [7, 11) is 1.65. The number of carboxylic acid groups (broad SMARTS) is 1. The molecule has 3 nitrogen and oxygen atoms in total. The van der Waals surface area contributed by atoms with Crippen molar-refractivity contribution < 1.29 is 14.6 Å². The summed E-state index contributed by atoms with van der Waals surface area (Å²) >= 11 is 0. The van der Waals surface area contributed by atoms with E-state index in [0.29, 0.717) is 0 Å². The van der Waals surface area contributed by atoms with Crippen LogP contribution in [0.3, 0.4) is 0 Å². The maximum atomic E-state index is 11.2. The molecule has 1 N–H and O–H groups in total. The first kappa shape index (κ1) is 9.70. The molecule has 1 aromatic rings. The van der Waals surface area contributed by atoms with Crippen LogP contribution in [0.2, 0.25) is 0 Å². The van der Waals surface area contributed by atoms with Crippen molar-refractivity contribution in [3.8, 4) is 5.75 Å². The second-order valence-corrected chi connectivity index (χ2v) is 4.80. The Bertz CT molecular complexity index is 460. The number of ether oxygens (including phenoxy) is 1. The van der Waals surface area contributed by atoms with Crippen molar-refractivity contribution in [3.63, 3.8) is 0 Å². The number of hydrogen-bond acceptors (Lipinski definition) is 2. The van der Waals surface area contributed by atoms with Crippen LogP contribution >= 0.6 is 0 Å². The van der Waals surface area contributed by atoms with E-state index in [2.05, 4.69) is 0 Å². The molecule has 1 fully saturated rings. The van der Waals surface area contributed by atoms with Gasteiger partial charge in [-0.25, -0.2) is 0 Å². The molecule has 3 rings (SSSR count). The molecule has 0 radical (unpaired) electrons. The molecule has 1 saturated carbocycles. The fourth-order valence-electron chi connectivity index (χ4n) is 3.00. The maximum absolute atomic E-state index is 11.2. The van der Waals surface area contributed by atoms with E-state index in [1.165, 1.54) is 0 Å². The quantitative estimate of drug-likeness (QED) is 0.828. The highest BCUT2D eigenvalue weighted by molar-refractivity contribution is 5.80. The lowest BCUT2D eigenvalue weighted by Gasteiger charge is -2.12. The molecule has 0 amide bonds. The van der Waals surface area contributed by atoms with Crippen LogP contribution in [0.4, 0.5) is 0 Å². The van der Waals surface area contributed by atoms with Crippen molar-refractivity contribution in [1.29, 1.82) is 0 Å². The number of carbonyl (C=O) groups is 1. The second-order valence-electron chi connectivity index (χ2n) is 4.80. The summed E-state index contributed by atoms with van der Waals surface area (Å²) in [6.45, 7) is 0. The van der Waals surface area contributed by atoms with E-state index in [1.807, 2.05) is 18.2 Å². The predicted octanol–water partition coefficient (Wildman–Crippen LogP) is 2.30. The van der Waals surface area contributed by atoms with Crippen LogP contribution in [0.15, 0.2) is 18.2 Å². The zero-order valence-electron chi connectivity index (χ0n) is 9.19. The van der Waals surface area contributed by atoms with Gasteiger partial charge in [-0.1, -0.05) is 12.1 Å². The first-order chi connectivity index (χ1) is 7.68. The Hall–Kier alpha value is -1.51. The largest absolute Gasteiger partial charge is 0.496 e. The average molecular weight is 218 g/mol. The van der Waals surface area contributed by atoms with Gasteiger partial charge in [0.25, 0.3) is 0 Å². The standard InChI is InChI=1S/C13H14O3/c1-16-10-4-2-3-8-9(12(14)15)7-13(5-6-13)11(8)10/h2-4,9H,5-7H2,1H3,(H,14,15). The van der Waals surface area contributed by atoms with Crippen LogP contribution in [-0.4, -0.2) is 18.2 Å². The molecule has 1 spiro atoms. The number of benzene rings is 1. The topological polar surface area (TPSA) is 46.5 Å². The van der Waals surface area contributed by atoms with Gasteiger partial charge in [0.1, 0.15) is 5.75 Å². The summed E-state index contributed by atoms with van der Waals surface area (Å²) in [5.41, 5.74) is 2.24. The van der Waals surface area contributed by atoms with Crippen molar-refractivity contribution in [2.24, 2.45) is 0 Å². The van der Waals surface area contributed by atoms with E-state index in [9.17, 15) is 9.90 Å². The third kappa shape index (κ3) is 1.11. The number of carboxylic acids is 1.